The molecule has 0 spiro atoms. The van der Waals surface area contributed by atoms with Gasteiger partial charge in [-0.25, -0.2) is 0 Å². The number of aromatic nitrogens is 1. The average molecular weight is 306 g/mol. The van der Waals surface area contributed by atoms with Crippen molar-refractivity contribution in [1.82, 2.24) is 4.98 Å². The summed E-state index contributed by atoms with van der Waals surface area (Å²) in [6, 6.07) is 15.2. The normalized spacial score (nSPS) is 10.5. The van der Waals surface area contributed by atoms with Crippen LogP contribution in [0.1, 0.15) is 12.6 Å². The molecule has 0 radical (unpaired) electrons. The highest BCUT2D eigenvalue weighted by Gasteiger charge is 2.05. The van der Waals surface area contributed by atoms with E-state index in [1.54, 1.807) is 0 Å². The summed E-state index contributed by atoms with van der Waals surface area (Å²) < 4.78 is 0. The lowest BCUT2D eigenvalue weighted by molar-refractivity contribution is -0.114. The first kappa shape index (κ1) is 14.8. The lowest BCUT2D eigenvalue weighted by Crippen LogP contribution is -2.05. The third-order valence-electron chi connectivity index (χ3n) is 3.45. The molecule has 3 aromatic rings. The van der Waals surface area contributed by atoms with Crippen LogP contribution in [0.25, 0.3) is 10.9 Å². The summed E-state index contributed by atoms with van der Waals surface area (Å²) in [4.78, 5) is 15.6. The SMILES string of the molecule is CC(=O)Nc1ccc(Nc2cc(C)nc3ccc(N)cc23)cc1. The van der Waals surface area contributed by atoms with Gasteiger partial charge >= 0.3 is 0 Å². The average Bonchev–Trinajstić information content (AvgIpc) is 2.49. The van der Waals surface area contributed by atoms with Gasteiger partial charge in [0.25, 0.3) is 0 Å². The van der Waals surface area contributed by atoms with Crippen LogP contribution in [0.3, 0.4) is 0 Å². The van der Waals surface area contributed by atoms with Gasteiger partial charge in [0.05, 0.1) is 5.52 Å². The lowest BCUT2D eigenvalue weighted by atomic mass is 10.1. The molecule has 5 nitrogen and oxygen atoms in total. The monoisotopic (exact) mass is 306 g/mol. The van der Waals surface area contributed by atoms with Gasteiger partial charge in [0, 0.05) is 40.8 Å². The first-order valence-corrected chi connectivity index (χ1v) is 7.33. The molecule has 5 heteroatoms. The predicted molar refractivity (Wildman–Crippen MR) is 94.9 cm³/mol. The second-order valence-corrected chi connectivity index (χ2v) is 5.47. The number of carbonyl (C=O) groups is 1. The van der Waals surface area contributed by atoms with E-state index < -0.39 is 0 Å². The number of anilines is 4. The summed E-state index contributed by atoms with van der Waals surface area (Å²) in [6.45, 7) is 3.45. The smallest absolute Gasteiger partial charge is 0.221 e. The molecular weight excluding hydrogens is 288 g/mol. The number of benzene rings is 2. The van der Waals surface area contributed by atoms with E-state index >= 15 is 0 Å². The van der Waals surface area contributed by atoms with E-state index in [0.717, 1.165) is 33.7 Å². The second-order valence-electron chi connectivity index (χ2n) is 5.47. The molecule has 23 heavy (non-hydrogen) atoms. The molecule has 0 aliphatic rings. The van der Waals surface area contributed by atoms with E-state index in [-0.39, 0.29) is 5.91 Å². The summed E-state index contributed by atoms with van der Waals surface area (Å²) >= 11 is 0. The number of pyridine rings is 1. The first-order chi connectivity index (χ1) is 11.0. The minimum atomic E-state index is -0.0862. The van der Waals surface area contributed by atoms with Crippen molar-refractivity contribution in [2.45, 2.75) is 13.8 Å². The Bertz CT molecular complexity index is 872. The molecule has 1 aromatic heterocycles. The van der Waals surface area contributed by atoms with Crippen LogP contribution in [0, 0.1) is 6.92 Å². The van der Waals surface area contributed by atoms with Gasteiger partial charge in [0.15, 0.2) is 0 Å². The van der Waals surface area contributed by atoms with Gasteiger partial charge in [-0.1, -0.05) is 0 Å². The Labute approximate surface area is 134 Å². The number of amides is 1. The van der Waals surface area contributed by atoms with Crippen LogP contribution in [0.4, 0.5) is 22.7 Å². The predicted octanol–water partition coefficient (Wildman–Crippen LogP) is 3.83. The minimum Gasteiger partial charge on any atom is -0.399 e. The molecule has 1 heterocycles. The Hall–Kier alpha value is -3.08. The van der Waals surface area contributed by atoms with Crippen molar-refractivity contribution in [3.63, 3.8) is 0 Å². The number of nitrogens with one attached hydrogen (secondary N) is 2. The van der Waals surface area contributed by atoms with Crippen molar-refractivity contribution in [3.8, 4) is 0 Å². The number of rotatable bonds is 3. The third-order valence-corrected chi connectivity index (χ3v) is 3.45. The molecule has 0 atom stereocenters. The zero-order chi connectivity index (χ0) is 16.4. The molecule has 0 bridgehead atoms. The van der Waals surface area contributed by atoms with Crippen LogP contribution in [0.15, 0.2) is 48.5 Å². The van der Waals surface area contributed by atoms with Crippen LogP contribution >= 0.6 is 0 Å². The fourth-order valence-corrected chi connectivity index (χ4v) is 2.47. The van der Waals surface area contributed by atoms with E-state index in [2.05, 4.69) is 15.6 Å². The fourth-order valence-electron chi connectivity index (χ4n) is 2.47. The molecule has 0 fully saturated rings. The van der Waals surface area contributed by atoms with Crippen molar-refractivity contribution < 1.29 is 4.79 Å². The summed E-state index contributed by atoms with van der Waals surface area (Å²) in [7, 11) is 0. The van der Waals surface area contributed by atoms with Crippen LogP contribution in [-0.2, 0) is 4.79 Å². The minimum absolute atomic E-state index is 0.0862. The Morgan fingerprint density at radius 3 is 2.43 bits per heavy atom. The number of aryl methyl sites for hydroxylation is 1. The zero-order valence-electron chi connectivity index (χ0n) is 13.1. The number of nitrogen functional groups attached to an aromatic ring is 1. The van der Waals surface area contributed by atoms with Gasteiger partial charge in [-0.05, 0) is 55.5 Å². The molecule has 0 saturated heterocycles. The zero-order valence-corrected chi connectivity index (χ0v) is 13.1. The van der Waals surface area contributed by atoms with Crippen LogP contribution in [-0.4, -0.2) is 10.9 Å². The molecule has 3 rings (SSSR count). The van der Waals surface area contributed by atoms with Gasteiger partial charge in [-0.3, -0.25) is 9.78 Å². The van der Waals surface area contributed by atoms with Gasteiger partial charge in [-0.15, -0.1) is 0 Å². The Balaban J connectivity index is 1.94. The maximum atomic E-state index is 11.1. The summed E-state index contributed by atoms with van der Waals surface area (Å²) in [5, 5.41) is 7.11. The Kier molecular flexibility index (Phi) is 3.85. The molecule has 0 unspecified atom stereocenters. The van der Waals surface area contributed by atoms with E-state index in [4.69, 9.17) is 5.73 Å². The summed E-state index contributed by atoms with van der Waals surface area (Å²) in [5.41, 5.74) is 11.1. The van der Waals surface area contributed by atoms with E-state index in [9.17, 15) is 4.79 Å². The number of carbonyl (C=O) groups excluding carboxylic acids is 1. The third kappa shape index (κ3) is 3.40. The number of hydrogen-bond donors (Lipinski definition) is 3. The van der Waals surface area contributed by atoms with Crippen molar-refractivity contribution in [1.29, 1.82) is 0 Å². The number of nitrogens with zero attached hydrogens (tertiary/aromatic N) is 1. The molecule has 116 valence electrons. The number of fused-ring (bicyclic) bond motifs is 1. The molecule has 1 amide bonds. The topological polar surface area (TPSA) is 80.0 Å². The van der Waals surface area contributed by atoms with Crippen molar-refractivity contribution in [2.75, 3.05) is 16.4 Å². The highest BCUT2D eigenvalue weighted by Crippen LogP contribution is 2.28. The van der Waals surface area contributed by atoms with Crippen molar-refractivity contribution in [3.05, 3.63) is 54.2 Å². The van der Waals surface area contributed by atoms with E-state index in [0.29, 0.717) is 5.69 Å². The maximum Gasteiger partial charge on any atom is 0.221 e. The van der Waals surface area contributed by atoms with Crippen LogP contribution < -0.4 is 16.4 Å². The van der Waals surface area contributed by atoms with Gasteiger partial charge in [0.2, 0.25) is 5.91 Å². The molecule has 4 N–H and O–H groups in total. The van der Waals surface area contributed by atoms with E-state index in [1.165, 1.54) is 6.92 Å². The fraction of sp³-hybridized carbons (Fsp3) is 0.111. The quantitative estimate of drug-likeness (QED) is 0.642. The van der Waals surface area contributed by atoms with Crippen molar-refractivity contribution in [2.24, 2.45) is 0 Å². The summed E-state index contributed by atoms with van der Waals surface area (Å²) in [5.74, 6) is -0.0862. The highest BCUT2D eigenvalue weighted by atomic mass is 16.1. The standard InChI is InChI=1S/C18H18N4O/c1-11-9-18(16-10-13(19)3-8-17(16)20-11)22-15-6-4-14(5-7-15)21-12(2)23/h3-10H,19H2,1-2H3,(H,20,22)(H,21,23). The second kappa shape index (κ2) is 5.96. The van der Waals surface area contributed by atoms with Crippen LogP contribution in [0.2, 0.25) is 0 Å². The molecular formula is C18H18N4O. The van der Waals surface area contributed by atoms with Gasteiger partial charge in [0.1, 0.15) is 0 Å². The van der Waals surface area contributed by atoms with E-state index in [1.807, 2.05) is 55.5 Å². The van der Waals surface area contributed by atoms with Gasteiger partial charge < -0.3 is 16.4 Å². The Morgan fingerprint density at radius 2 is 1.74 bits per heavy atom. The number of nitrogens with two attached hydrogens (primary N) is 1. The molecule has 0 aliphatic heterocycles. The molecule has 0 saturated carbocycles. The summed E-state index contributed by atoms with van der Waals surface area (Å²) in [6.07, 6.45) is 0. The largest absolute Gasteiger partial charge is 0.399 e. The van der Waals surface area contributed by atoms with Crippen molar-refractivity contribution >= 4 is 39.6 Å². The van der Waals surface area contributed by atoms with Gasteiger partial charge in [-0.2, -0.15) is 0 Å². The van der Waals surface area contributed by atoms with Crippen LogP contribution in [0.5, 0.6) is 0 Å². The highest BCUT2D eigenvalue weighted by molar-refractivity contribution is 5.95. The number of hydrogen-bond acceptors (Lipinski definition) is 4. The Morgan fingerprint density at radius 1 is 1.04 bits per heavy atom. The maximum absolute atomic E-state index is 11.1. The molecule has 0 aliphatic carbocycles. The molecule has 2 aromatic carbocycles. The lowest BCUT2D eigenvalue weighted by Gasteiger charge is -2.12. The first-order valence-electron chi connectivity index (χ1n) is 7.33.